The smallest absolute Gasteiger partial charge is 0.226 e. The quantitative estimate of drug-likeness (QED) is 0.233. The standard InChI is InChI=1S/C46H72N2O4/c1-39-21-13-33-41(3)17-11-19-43(5,31(41)15-23-45(33,29-39)27-35(39)49)37(51)47-25-9-7-8-10-26-48-38(52)44(6)20-12-18-42(4)32(44)16-24-46-28-36(50)40(2,30-46)22-14-34(42)46/h31-34H,7-30H2,1-6H3,(H,47,51)(H,48,52)/t31-,32-,33-,34-,39-,40-,41+,42+,43+,44+,45-,46-/m0/s1. The van der Waals surface area contributed by atoms with Gasteiger partial charge in [-0.15, -0.1) is 0 Å². The van der Waals surface area contributed by atoms with Crippen LogP contribution in [0.4, 0.5) is 0 Å². The first-order valence-electron chi connectivity index (χ1n) is 22.1. The molecule has 6 heteroatoms. The van der Waals surface area contributed by atoms with Gasteiger partial charge in [-0.1, -0.05) is 67.2 Å². The van der Waals surface area contributed by atoms with E-state index in [1.54, 1.807) is 0 Å². The van der Waals surface area contributed by atoms with Crippen molar-refractivity contribution in [2.24, 2.45) is 67.0 Å². The molecule has 0 saturated heterocycles. The van der Waals surface area contributed by atoms with Crippen molar-refractivity contribution in [1.29, 1.82) is 0 Å². The second kappa shape index (κ2) is 12.4. The minimum absolute atomic E-state index is 0.0903. The van der Waals surface area contributed by atoms with Crippen LogP contribution in [0.2, 0.25) is 0 Å². The maximum absolute atomic E-state index is 14.0. The lowest BCUT2D eigenvalue weighted by molar-refractivity contribution is -0.170. The lowest BCUT2D eigenvalue weighted by atomic mass is 9.40. The van der Waals surface area contributed by atoms with Crippen LogP contribution in [0.15, 0.2) is 0 Å². The molecule has 8 rings (SSSR count). The van der Waals surface area contributed by atoms with Crippen LogP contribution in [0, 0.1) is 67.0 Å². The summed E-state index contributed by atoms with van der Waals surface area (Å²) in [5.41, 5.74) is -0.141. The first kappa shape index (κ1) is 37.2. The van der Waals surface area contributed by atoms with E-state index in [4.69, 9.17) is 0 Å². The zero-order chi connectivity index (χ0) is 37.0. The molecule has 0 unspecified atom stereocenters. The Labute approximate surface area is 315 Å². The van der Waals surface area contributed by atoms with E-state index in [0.29, 0.717) is 35.2 Å². The molecule has 0 aromatic rings. The summed E-state index contributed by atoms with van der Waals surface area (Å²) in [6.45, 7) is 15.4. The first-order valence-corrected chi connectivity index (χ1v) is 22.1. The van der Waals surface area contributed by atoms with E-state index in [1.165, 1.54) is 12.8 Å². The number of Topliss-reactive ketones (excluding diaryl/α,β-unsaturated/α-hetero) is 2. The summed E-state index contributed by atoms with van der Waals surface area (Å²) in [7, 11) is 0. The van der Waals surface area contributed by atoms with Crippen LogP contribution in [0.25, 0.3) is 0 Å². The molecule has 8 aliphatic carbocycles. The van der Waals surface area contributed by atoms with E-state index in [0.717, 1.165) is 142 Å². The molecule has 4 bridgehead atoms. The molecule has 0 aliphatic heterocycles. The molecule has 52 heavy (non-hydrogen) atoms. The maximum Gasteiger partial charge on any atom is 0.226 e. The zero-order valence-corrected chi connectivity index (χ0v) is 33.9. The van der Waals surface area contributed by atoms with Crippen LogP contribution in [0.3, 0.4) is 0 Å². The number of amides is 2. The Kier molecular flexibility index (Phi) is 8.87. The molecule has 0 aromatic heterocycles. The summed E-state index contributed by atoms with van der Waals surface area (Å²) in [5.74, 6) is 3.51. The molecule has 12 atom stereocenters. The van der Waals surface area contributed by atoms with Gasteiger partial charge in [0.05, 0.1) is 0 Å². The Morgan fingerprint density at radius 3 is 1.31 bits per heavy atom. The minimum Gasteiger partial charge on any atom is -0.356 e. The third-order valence-electron chi connectivity index (χ3n) is 19.4. The highest BCUT2D eigenvalue weighted by molar-refractivity contribution is 5.89. The summed E-state index contributed by atoms with van der Waals surface area (Å²) >= 11 is 0. The molecule has 2 spiro atoms. The van der Waals surface area contributed by atoms with Crippen LogP contribution >= 0.6 is 0 Å². The summed E-state index contributed by atoms with van der Waals surface area (Å²) in [6.07, 6.45) is 23.3. The number of unbranched alkanes of at least 4 members (excludes halogenated alkanes) is 3. The number of fused-ring (bicyclic) bond motifs is 6. The van der Waals surface area contributed by atoms with Gasteiger partial charge in [-0.25, -0.2) is 0 Å². The van der Waals surface area contributed by atoms with Gasteiger partial charge in [-0.2, -0.15) is 0 Å². The highest BCUT2D eigenvalue weighted by Gasteiger charge is 2.69. The maximum atomic E-state index is 14.0. The predicted molar refractivity (Wildman–Crippen MR) is 205 cm³/mol. The molecule has 0 heterocycles. The fourth-order valence-corrected chi connectivity index (χ4v) is 17.0. The van der Waals surface area contributed by atoms with Crippen molar-refractivity contribution in [2.75, 3.05) is 13.1 Å². The minimum atomic E-state index is -0.321. The molecular weight excluding hydrogens is 645 g/mol. The van der Waals surface area contributed by atoms with E-state index in [9.17, 15) is 19.2 Å². The number of hydrogen-bond acceptors (Lipinski definition) is 4. The molecule has 6 nitrogen and oxygen atoms in total. The molecule has 2 N–H and O–H groups in total. The molecule has 0 aromatic carbocycles. The van der Waals surface area contributed by atoms with E-state index in [1.807, 2.05) is 0 Å². The van der Waals surface area contributed by atoms with E-state index < -0.39 is 0 Å². The number of carbonyl (C=O) groups is 4. The van der Waals surface area contributed by atoms with Crippen LogP contribution in [0.5, 0.6) is 0 Å². The van der Waals surface area contributed by atoms with Crippen LogP contribution in [-0.4, -0.2) is 36.5 Å². The number of hydrogen-bond donors (Lipinski definition) is 2. The second-order valence-electron chi connectivity index (χ2n) is 22.2. The van der Waals surface area contributed by atoms with Gasteiger partial charge in [0.2, 0.25) is 11.8 Å². The SMILES string of the molecule is C[C@@]12CC[C@@H]3[C@@](CC[C@H]4[C@@]3(C)CCC[C@@]4(C)C(=O)NCCCCCCNC(=O)[C@]3(C)CCC[C@@]4(C)[C@@H]5CC[C@@]6(C)C[C@]5(CC[C@@H]43)CC6=O)(CC1=O)C2. The molecule has 8 saturated carbocycles. The van der Waals surface area contributed by atoms with E-state index in [-0.39, 0.29) is 55.1 Å². The molecule has 8 aliphatic rings. The normalized spacial score (nSPS) is 50.4. The molecule has 290 valence electrons. The highest BCUT2D eigenvalue weighted by atomic mass is 16.2. The summed E-state index contributed by atoms with van der Waals surface area (Å²) in [6, 6.07) is 0. The van der Waals surface area contributed by atoms with Crippen LogP contribution in [0.1, 0.15) is 183 Å². The summed E-state index contributed by atoms with van der Waals surface area (Å²) in [5, 5.41) is 6.80. The lowest BCUT2D eigenvalue weighted by Gasteiger charge is -2.64. The zero-order valence-electron chi connectivity index (χ0n) is 33.9. The van der Waals surface area contributed by atoms with Gasteiger partial charge in [0.25, 0.3) is 0 Å². The summed E-state index contributed by atoms with van der Waals surface area (Å²) in [4.78, 5) is 54.1. The van der Waals surface area contributed by atoms with Crippen molar-refractivity contribution in [3.8, 4) is 0 Å². The van der Waals surface area contributed by atoms with Crippen LogP contribution in [-0.2, 0) is 19.2 Å². The first-order chi connectivity index (χ1) is 24.5. The Bertz CT molecular complexity index is 1400. The molecule has 8 fully saturated rings. The molecule has 0 radical (unpaired) electrons. The lowest BCUT2D eigenvalue weighted by Crippen LogP contribution is -2.60. The summed E-state index contributed by atoms with van der Waals surface area (Å²) < 4.78 is 0. The number of ketones is 2. The Balaban J connectivity index is 0.789. The van der Waals surface area contributed by atoms with Crippen molar-refractivity contribution < 1.29 is 19.2 Å². The number of rotatable bonds is 9. The fraction of sp³-hybridized carbons (Fsp3) is 0.913. The highest BCUT2D eigenvalue weighted by Crippen LogP contribution is 2.74. The van der Waals surface area contributed by atoms with E-state index in [2.05, 4.69) is 52.2 Å². The van der Waals surface area contributed by atoms with Crippen molar-refractivity contribution in [3.63, 3.8) is 0 Å². The van der Waals surface area contributed by atoms with Crippen molar-refractivity contribution in [3.05, 3.63) is 0 Å². The number of nitrogens with one attached hydrogen (secondary N) is 2. The molecular formula is C46H72N2O4. The number of carbonyl (C=O) groups excluding carboxylic acids is 4. The average Bonchev–Trinajstić information content (AvgIpc) is 3.38. The fourth-order valence-electron chi connectivity index (χ4n) is 17.0. The van der Waals surface area contributed by atoms with Gasteiger partial charge >= 0.3 is 0 Å². The third kappa shape index (κ3) is 5.26. The van der Waals surface area contributed by atoms with Gasteiger partial charge in [-0.3, -0.25) is 19.2 Å². The predicted octanol–water partition coefficient (Wildman–Crippen LogP) is 9.52. The topological polar surface area (TPSA) is 92.3 Å². The van der Waals surface area contributed by atoms with Crippen molar-refractivity contribution in [1.82, 2.24) is 10.6 Å². The van der Waals surface area contributed by atoms with Gasteiger partial charge in [0.15, 0.2) is 0 Å². The van der Waals surface area contributed by atoms with Crippen molar-refractivity contribution in [2.45, 2.75) is 183 Å². The molecule has 2 amide bonds. The average molecular weight is 717 g/mol. The Morgan fingerprint density at radius 1 is 0.519 bits per heavy atom. The third-order valence-corrected chi connectivity index (χ3v) is 19.4. The van der Waals surface area contributed by atoms with Gasteiger partial charge in [0.1, 0.15) is 11.6 Å². The van der Waals surface area contributed by atoms with E-state index >= 15 is 0 Å². The van der Waals surface area contributed by atoms with Gasteiger partial charge in [-0.05, 0) is 148 Å². The van der Waals surface area contributed by atoms with Gasteiger partial charge in [0, 0.05) is 47.6 Å². The Hall–Kier alpha value is -1.72. The van der Waals surface area contributed by atoms with Crippen molar-refractivity contribution >= 4 is 23.4 Å². The monoisotopic (exact) mass is 717 g/mol. The second-order valence-corrected chi connectivity index (χ2v) is 22.2. The largest absolute Gasteiger partial charge is 0.356 e. The Morgan fingerprint density at radius 2 is 0.904 bits per heavy atom. The van der Waals surface area contributed by atoms with Gasteiger partial charge < -0.3 is 10.6 Å². The van der Waals surface area contributed by atoms with Crippen LogP contribution < -0.4 is 10.6 Å².